The Morgan fingerprint density at radius 2 is 2.40 bits per heavy atom. The third-order valence-corrected chi connectivity index (χ3v) is 2.87. The fraction of sp³-hybridized carbons (Fsp3) is 0.583. The number of anilines is 1. The maximum Gasteiger partial charge on any atom is 0.0703 e. The average molecular weight is 206 g/mol. The van der Waals surface area contributed by atoms with Crippen LogP contribution in [0.15, 0.2) is 18.5 Å². The van der Waals surface area contributed by atoms with Crippen LogP contribution in [0.5, 0.6) is 0 Å². The molecule has 1 saturated carbocycles. The van der Waals surface area contributed by atoms with Gasteiger partial charge in [0, 0.05) is 17.8 Å². The summed E-state index contributed by atoms with van der Waals surface area (Å²) in [6, 6.07) is 2.32. The summed E-state index contributed by atoms with van der Waals surface area (Å²) in [7, 11) is 0. The van der Waals surface area contributed by atoms with Crippen LogP contribution >= 0.6 is 0 Å². The van der Waals surface area contributed by atoms with E-state index in [1.807, 2.05) is 6.07 Å². The predicted molar refractivity (Wildman–Crippen MR) is 60.6 cm³/mol. The highest BCUT2D eigenvalue weighted by Gasteiger charge is 2.23. The number of aliphatic hydroxyl groups excluding tert-OH is 1. The lowest BCUT2D eigenvalue weighted by atomic mass is 10.1. The van der Waals surface area contributed by atoms with Crippen molar-refractivity contribution < 1.29 is 5.11 Å². The molecule has 0 bridgehead atoms. The molecule has 0 spiro atoms. The van der Waals surface area contributed by atoms with Crippen LogP contribution in [-0.2, 0) is 6.61 Å². The molecule has 1 unspecified atom stereocenters. The SMILES string of the molecule is CC(CC1CC1)Nc1cnccc1CO. The van der Waals surface area contributed by atoms with Gasteiger partial charge in [-0.1, -0.05) is 12.8 Å². The van der Waals surface area contributed by atoms with E-state index < -0.39 is 0 Å². The summed E-state index contributed by atoms with van der Waals surface area (Å²) < 4.78 is 0. The summed E-state index contributed by atoms with van der Waals surface area (Å²) in [5, 5.41) is 12.6. The second-order valence-electron chi connectivity index (χ2n) is 4.42. The minimum absolute atomic E-state index is 0.0704. The van der Waals surface area contributed by atoms with Crippen molar-refractivity contribution >= 4 is 5.69 Å². The van der Waals surface area contributed by atoms with Crippen LogP contribution in [0.25, 0.3) is 0 Å². The van der Waals surface area contributed by atoms with Gasteiger partial charge >= 0.3 is 0 Å². The molecule has 2 rings (SSSR count). The second-order valence-corrected chi connectivity index (χ2v) is 4.42. The number of hydrogen-bond donors (Lipinski definition) is 2. The summed E-state index contributed by atoms with van der Waals surface area (Å²) in [6.07, 6.45) is 7.48. The van der Waals surface area contributed by atoms with Gasteiger partial charge in [-0.2, -0.15) is 0 Å². The molecule has 0 amide bonds. The number of nitrogens with one attached hydrogen (secondary N) is 1. The van der Waals surface area contributed by atoms with E-state index in [1.165, 1.54) is 19.3 Å². The van der Waals surface area contributed by atoms with E-state index in [0.29, 0.717) is 6.04 Å². The maximum absolute atomic E-state index is 9.16. The average Bonchev–Trinajstić information content (AvgIpc) is 3.02. The third kappa shape index (κ3) is 2.93. The quantitative estimate of drug-likeness (QED) is 0.776. The van der Waals surface area contributed by atoms with Crippen LogP contribution in [0, 0.1) is 5.92 Å². The minimum atomic E-state index is 0.0704. The Hall–Kier alpha value is -1.09. The molecule has 82 valence electrons. The number of pyridine rings is 1. The molecular weight excluding hydrogens is 188 g/mol. The van der Waals surface area contributed by atoms with Crippen molar-refractivity contribution in [3.8, 4) is 0 Å². The summed E-state index contributed by atoms with van der Waals surface area (Å²) in [6.45, 7) is 2.26. The van der Waals surface area contributed by atoms with Crippen LogP contribution in [0.4, 0.5) is 5.69 Å². The highest BCUT2D eigenvalue weighted by molar-refractivity contribution is 5.49. The lowest BCUT2D eigenvalue weighted by molar-refractivity contribution is 0.282. The van der Waals surface area contributed by atoms with Crippen molar-refractivity contribution in [2.75, 3.05) is 5.32 Å². The van der Waals surface area contributed by atoms with Gasteiger partial charge in [0.2, 0.25) is 0 Å². The Bertz CT molecular complexity index is 323. The molecule has 1 aliphatic carbocycles. The lowest BCUT2D eigenvalue weighted by Crippen LogP contribution is -2.17. The molecule has 2 N–H and O–H groups in total. The van der Waals surface area contributed by atoms with Crippen molar-refractivity contribution in [2.45, 2.75) is 38.8 Å². The molecule has 15 heavy (non-hydrogen) atoms. The molecule has 3 heteroatoms. The highest BCUT2D eigenvalue weighted by Crippen LogP contribution is 2.34. The smallest absolute Gasteiger partial charge is 0.0703 e. The van der Waals surface area contributed by atoms with Gasteiger partial charge in [0.05, 0.1) is 18.5 Å². The summed E-state index contributed by atoms with van der Waals surface area (Å²) in [5.74, 6) is 0.918. The van der Waals surface area contributed by atoms with Gasteiger partial charge in [0.15, 0.2) is 0 Å². The number of rotatable bonds is 5. The molecule has 0 aliphatic heterocycles. The van der Waals surface area contributed by atoms with E-state index in [4.69, 9.17) is 5.11 Å². The fourth-order valence-corrected chi connectivity index (χ4v) is 1.87. The van der Waals surface area contributed by atoms with Crippen LogP contribution in [0.3, 0.4) is 0 Å². The van der Waals surface area contributed by atoms with Crippen molar-refractivity contribution in [2.24, 2.45) is 5.92 Å². The van der Waals surface area contributed by atoms with Gasteiger partial charge < -0.3 is 10.4 Å². The van der Waals surface area contributed by atoms with E-state index >= 15 is 0 Å². The molecule has 0 saturated heterocycles. The van der Waals surface area contributed by atoms with E-state index in [9.17, 15) is 0 Å². The first-order valence-corrected chi connectivity index (χ1v) is 5.60. The first kappa shape index (κ1) is 10.4. The lowest BCUT2D eigenvalue weighted by Gasteiger charge is -2.16. The third-order valence-electron chi connectivity index (χ3n) is 2.87. The zero-order valence-electron chi connectivity index (χ0n) is 9.11. The van der Waals surface area contributed by atoms with Gasteiger partial charge in [-0.3, -0.25) is 4.98 Å². The molecule has 0 radical (unpaired) electrons. The zero-order chi connectivity index (χ0) is 10.7. The normalized spacial score (nSPS) is 17.5. The molecule has 1 atom stereocenters. The van der Waals surface area contributed by atoms with E-state index in [-0.39, 0.29) is 6.61 Å². The Morgan fingerprint density at radius 3 is 3.07 bits per heavy atom. The predicted octanol–water partition coefficient (Wildman–Crippen LogP) is 2.17. The number of aliphatic hydroxyl groups is 1. The van der Waals surface area contributed by atoms with Gasteiger partial charge in [0.1, 0.15) is 0 Å². The van der Waals surface area contributed by atoms with E-state index in [2.05, 4.69) is 17.2 Å². The molecule has 1 aliphatic rings. The first-order chi connectivity index (χ1) is 7.29. The number of hydrogen-bond acceptors (Lipinski definition) is 3. The van der Waals surface area contributed by atoms with Gasteiger partial charge in [-0.15, -0.1) is 0 Å². The largest absolute Gasteiger partial charge is 0.392 e. The molecule has 0 aromatic carbocycles. The summed E-state index contributed by atoms with van der Waals surface area (Å²) >= 11 is 0. The van der Waals surface area contributed by atoms with Gasteiger partial charge in [0.25, 0.3) is 0 Å². The molecule has 1 aromatic heterocycles. The molecular formula is C12H18N2O. The number of aromatic nitrogens is 1. The molecule has 1 heterocycles. The van der Waals surface area contributed by atoms with E-state index in [1.54, 1.807) is 12.4 Å². The van der Waals surface area contributed by atoms with Crippen molar-refractivity contribution in [1.29, 1.82) is 0 Å². The van der Waals surface area contributed by atoms with Gasteiger partial charge in [-0.05, 0) is 25.3 Å². The van der Waals surface area contributed by atoms with Gasteiger partial charge in [-0.25, -0.2) is 0 Å². The van der Waals surface area contributed by atoms with Crippen molar-refractivity contribution in [1.82, 2.24) is 4.98 Å². The Labute approximate surface area is 90.5 Å². The topological polar surface area (TPSA) is 45.2 Å². The molecule has 1 fully saturated rings. The highest BCUT2D eigenvalue weighted by atomic mass is 16.3. The fourth-order valence-electron chi connectivity index (χ4n) is 1.87. The first-order valence-electron chi connectivity index (χ1n) is 5.60. The second kappa shape index (κ2) is 4.62. The van der Waals surface area contributed by atoms with Crippen LogP contribution < -0.4 is 5.32 Å². The number of nitrogens with zero attached hydrogens (tertiary/aromatic N) is 1. The van der Waals surface area contributed by atoms with Crippen LogP contribution in [-0.4, -0.2) is 16.1 Å². The van der Waals surface area contributed by atoms with Crippen molar-refractivity contribution in [3.05, 3.63) is 24.0 Å². The Morgan fingerprint density at radius 1 is 1.60 bits per heavy atom. The summed E-state index contributed by atoms with van der Waals surface area (Å²) in [5.41, 5.74) is 1.89. The van der Waals surface area contributed by atoms with Crippen LogP contribution in [0.2, 0.25) is 0 Å². The molecule has 1 aromatic rings. The summed E-state index contributed by atoms with van der Waals surface area (Å²) in [4.78, 5) is 4.07. The molecule has 3 nitrogen and oxygen atoms in total. The Balaban J connectivity index is 1.95. The van der Waals surface area contributed by atoms with Crippen LogP contribution in [0.1, 0.15) is 31.7 Å². The van der Waals surface area contributed by atoms with E-state index in [0.717, 1.165) is 17.2 Å². The minimum Gasteiger partial charge on any atom is -0.392 e. The monoisotopic (exact) mass is 206 g/mol. The Kier molecular flexibility index (Phi) is 3.21. The maximum atomic E-state index is 9.16. The zero-order valence-corrected chi connectivity index (χ0v) is 9.11. The van der Waals surface area contributed by atoms with Crippen molar-refractivity contribution in [3.63, 3.8) is 0 Å². The standard InChI is InChI=1S/C12H18N2O/c1-9(6-10-2-3-10)14-12-7-13-5-4-11(12)8-15/h4-5,7,9-10,14-15H,2-3,6,8H2,1H3.